The Morgan fingerprint density at radius 1 is 0.500 bits per heavy atom. The Morgan fingerprint density at radius 2 is 0.861 bits per heavy atom. The summed E-state index contributed by atoms with van der Waals surface area (Å²) in [6.45, 7) is 14.8. The third kappa shape index (κ3) is 15.2. The average Bonchev–Trinajstić information content (AvgIpc) is 3.99. The molecule has 10 atom stereocenters. The van der Waals surface area contributed by atoms with E-state index in [2.05, 4.69) is 42.5 Å². The number of benzene rings is 3. The lowest BCUT2D eigenvalue weighted by atomic mass is 10.0. The van der Waals surface area contributed by atoms with Crippen molar-refractivity contribution in [2.24, 2.45) is 11.8 Å². The number of hydrogen-bond donors (Lipinski definition) is 8. The maximum absolute atomic E-state index is 14.4. The van der Waals surface area contributed by atoms with Crippen molar-refractivity contribution in [2.45, 2.75) is 141 Å². The minimum atomic E-state index is -0.974. The van der Waals surface area contributed by atoms with Crippen LogP contribution in [0, 0.1) is 11.8 Å². The minimum absolute atomic E-state index is 0.0133. The van der Waals surface area contributed by atoms with Gasteiger partial charge in [-0.25, -0.2) is 0 Å². The molecule has 2 aliphatic heterocycles. The fourth-order valence-corrected chi connectivity index (χ4v) is 9.12. The Bertz CT molecular complexity index is 2210. The van der Waals surface area contributed by atoms with Crippen LogP contribution in [-0.4, -0.2) is 133 Å². The molecule has 0 unspecified atom stereocenters. The molecule has 18 heteroatoms. The van der Waals surface area contributed by atoms with Gasteiger partial charge in [0.05, 0.1) is 24.2 Å². The highest BCUT2D eigenvalue weighted by Gasteiger charge is 2.45. The first-order valence-corrected chi connectivity index (χ1v) is 25.2. The van der Waals surface area contributed by atoms with E-state index in [1.807, 2.05) is 102 Å². The van der Waals surface area contributed by atoms with Crippen molar-refractivity contribution in [3.63, 3.8) is 0 Å². The summed E-state index contributed by atoms with van der Waals surface area (Å²) in [5, 5.41) is 23.6. The third-order valence-corrected chi connectivity index (χ3v) is 13.4. The second-order valence-electron chi connectivity index (χ2n) is 20.1. The standard InChI is InChI=1S/C54H76N10O8/c1-31(2)24-43(61-47(65)35(7)55-9)53(71)63-29-41(27-45(63)51(69)57-33(5)37-18-13-11-14-19-37)59-49(67)39-22-17-23-40(26-39)50(68)60-42-28-46(52(70)58-34(6)38-20-15-12-16-21-38)64(30-42)54(72)44(25-32(3)4)62-48(66)36(8)56-10/h11-23,26,31-36,41-46,55-56H,24-25,27-30H2,1-10H3,(H,57,69)(H,58,70)(H,59,67)(H,60,68)(H,61,65)(H,62,66)/t33-,34-,35+,36+,41+,42+,43+,44+,45+,46+/m1/s1. The zero-order valence-electron chi connectivity index (χ0n) is 43.4. The Kier molecular flexibility index (Phi) is 20.4. The molecule has 0 aromatic heterocycles. The summed E-state index contributed by atoms with van der Waals surface area (Å²) in [6.07, 6.45) is 0.822. The fraction of sp³-hybridized carbons (Fsp3) is 0.519. The Balaban J connectivity index is 1.34. The number of likely N-dealkylation sites (N-methyl/N-ethyl adjacent to an activating group) is 2. The highest BCUT2D eigenvalue weighted by Crippen LogP contribution is 2.26. The molecule has 18 nitrogen and oxygen atoms in total. The van der Waals surface area contributed by atoms with Gasteiger partial charge in [0.1, 0.15) is 24.2 Å². The molecule has 3 aromatic carbocycles. The van der Waals surface area contributed by atoms with Gasteiger partial charge in [0.2, 0.25) is 35.4 Å². The zero-order chi connectivity index (χ0) is 52.8. The predicted octanol–water partition coefficient (Wildman–Crippen LogP) is 3.12. The maximum atomic E-state index is 14.4. The summed E-state index contributed by atoms with van der Waals surface area (Å²) in [4.78, 5) is 114. The van der Waals surface area contributed by atoms with Gasteiger partial charge in [-0.3, -0.25) is 38.4 Å². The molecule has 8 amide bonds. The first-order chi connectivity index (χ1) is 34.2. The Morgan fingerprint density at radius 3 is 1.19 bits per heavy atom. The van der Waals surface area contributed by atoms with E-state index in [4.69, 9.17) is 0 Å². The molecule has 2 heterocycles. The number of hydrogen-bond acceptors (Lipinski definition) is 10. The summed E-state index contributed by atoms with van der Waals surface area (Å²) < 4.78 is 0. The molecular weight excluding hydrogens is 917 g/mol. The lowest BCUT2D eigenvalue weighted by Gasteiger charge is -2.30. The molecule has 72 heavy (non-hydrogen) atoms. The van der Waals surface area contributed by atoms with Gasteiger partial charge in [0.15, 0.2) is 0 Å². The molecule has 5 rings (SSSR count). The van der Waals surface area contributed by atoms with Gasteiger partial charge in [-0.05, 0) is 109 Å². The number of rotatable bonds is 22. The van der Waals surface area contributed by atoms with E-state index in [1.165, 1.54) is 15.9 Å². The maximum Gasteiger partial charge on any atom is 0.251 e. The van der Waals surface area contributed by atoms with E-state index in [-0.39, 0.29) is 72.8 Å². The molecule has 2 aliphatic rings. The number of nitrogens with zero attached hydrogens (tertiary/aromatic N) is 2. The van der Waals surface area contributed by atoms with Crippen LogP contribution >= 0.6 is 0 Å². The smallest absolute Gasteiger partial charge is 0.251 e. The van der Waals surface area contributed by atoms with Gasteiger partial charge >= 0.3 is 0 Å². The van der Waals surface area contributed by atoms with Crippen LogP contribution in [0.5, 0.6) is 0 Å². The molecule has 3 aromatic rings. The van der Waals surface area contributed by atoms with Crippen LogP contribution in [0.15, 0.2) is 84.9 Å². The number of likely N-dealkylation sites (tertiary alicyclic amines) is 2. The summed E-state index contributed by atoms with van der Waals surface area (Å²) in [6, 6.07) is 17.8. The van der Waals surface area contributed by atoms with E-state index in [0.717, 1.165) is 11.1 Å². The van der Waals surface area contributed by atoms with E-state index in [9.17, 15) is 38.4 Å². The first kappa shape index (κ1) is 56.3. The predicted molar refractivity (Wildman–Crippen MR) is 275 cm³/mol. The molecule has 0 saturated carbocycles. The van der Waals surface area contributed by atoms with Crippen molar-refractivity contribution in [3.05, 3.63) is 107 Å². The molecule has 0 radical (unpaired) electrons. The van der Waals surface area contributed by atoms with Crippen LogP contribution in [0.4, 0.5) is 0 Å². The molecule has 390 valence electrons. The van der Waals surface area contributed by atoms with Crippen molar-refractivity contribution in [2.75, 3.05) is 27.2 Å². The monoisotopic (exact) mass is 993 g/mol. The molecule has 0 aliphatic carbocycles. The largest absolute Gasteiger partial charge is 0.348 e. The van der Waals surface area contributed by atoms with Crippen LogP contribution in [-0.2, 0) is 28.8 Å². The number of carbonyl (C=O) groups is 8. The highest BCUT2D eigenvalue weighted by molar-refractivity contribution is 6.01. The van der Waals surface area contributed by atoms with Crippen molar-refractivity contribution in [1.29, 1.82) is 0 Å². The van der Waals surface area contributed by atoms with Crippen molar-refractivity contribution in [3.8, 4) is 0 Å². The Labute approximate surface area is 424 Å². The van der Waals surface area contributed by atoms with Crippen molar-refractivity contribution in [1.82, 2.24) is 52.3 Å². The van der Waals surface area contributed by atoms with E-state index >= 15 is 0 Å². The molecule has 0 spiro atoms. The lowest BCUT2D eigenvalue weighted by Crippen LogP contribution is -2.56. The van der Waals surface area contributed by atoms with Crippen LogP contribution < -0.4 is 42.5 Å². The van der Waals surface area contributed by atoms with Gasteiger partial charge in [-0.2, -0.15) is 0 Å². The summed E-state index contributed by atoms with van der Waals surface area (Å²) in [7, 11) is 3.29. The number of nitrogens with one attached hydrogen (secondary N) is 8. The SMILES string of the molecule is CN[C@@H](C)C(=O)N[C@@H](CC(C)C)C(=O)N1C[C@@H](NC(=O)c2cccc(C(=O)N[C@H]3C[C@@H](C(=O)N[C@H](C)c4ccccc4)N(C(=O)[C@H](CC(C)C)NC(=O)[C@H](C)NC)C3)c2)C[C@H]1C(=O)N[C@H](C)c1ccccc1. The molecule has 2 saturated heterocycles. The van der Waals surface area contributed by atoms with Gasteiger partial charge in [0, 0.05) is 36.3 Å². The summed E-state index contributed by atoms with van der Waals surface area (Å²) >= 11 is 0. The number of amides is 8. The van der Waals surface area contributed by atoms with Crippen molar-refractivity contribution < 1.29 is 38.4 Å². The van der Waals surface area contributed by atoms with Gasteiger partial charge < -0.3 is 52.3 Å². The van der Waals surface area contributed by atoms with Gasteiger partial charge in [-0.15, -0.1) is 0 Å². The molecule has 2 fully saturated rings. The van der Waals surface area contributed by atoms with Crippen molar-refractivity contribution >= 4 is 47.3 Å². The van der Waals surface area contributed by atoms with Gasteiger partial charge in [-0.1, -0.05) is 94.4 Å². The number of carbonyl (C=O) groups excluding carboxylic acids is 8. The third-order valence-electron chi connectivity index (χ3n) is 13.4. The zero-order valence-corrected chi connectivity index (χ0v) is 43.4. The van der Waals surface area contributed by atoms with Crippen LogP contribution in [0.1, 0.15) is 125 Å². The topological polar surface area (TPSA) is 239 Å². The normalized spacial score (nSPS) is 20.1. The average molecular weight is 993 g/mol. The van der Waals surface area contributed by atoms with Gasteiger partial charge in [0.25, 0.3) is 11.8 Å². The minimum Gasteiger partial charge on any atom is -0.348 e. The van der Waals surface area contributed by atoms with E-state index in [1.54, 1.807) is 46.1 Å². The second kappa shape index (κ2) is 26.2. The van der Waals surface area contributed by atoms with E-state index in [0.29, 0.717) is 12.8 Å². The molecule has 0 bridgehead atoms. The van der Waals surface area contributed by atoms with Crippen LogP contribution in [0.3, 0.4) is 0 Å². The summed E-state index contributed by atoms with van der Waals surface area (Å²) in [5.74, 6) is -3.46. The Hall–Kier alpha value is -6.66. The first-order valence-electron chi connectivity index (χ1n) is 25.2. The molecular formula is C54H76N10O8. The summed E-state index contributed by atoms with van der Waals surface area (Å²) in [5.41, 5.74) is 2.04. The fourth-order valence-electron chi connectivity index (χ4n) is 9.12. The van der Waals surface area contributed by atoms with Crippen LogP contribution in [0.2, 0.25) is 0 Å². The van der Waals surface area contributed by atoms with Crippen LogP contribution in [0.25, 0.3) is 0 Å². The van der Waals surface area contributed by atoms with E-state index < -0.39 is 83.8 Å². The molecule has 8 N–H and O–H groups in total. The second-order valence-corrected chi connectivity index (χ2v) is 20.1. The highest BCUT2D eigenvalue weighted by atomic mass is 16.2. The lowest BCUT2D eigenvalue weighted by molar-refractivity contribution is -0.142. The quantitative estimate of drug-likeness (QED) is 0.0732.